The van der Waals surface area contributed by atoms with Crippen molar-refractivity contribution < 1.29 is 18.7 Å². The number of carbonyl (C=O) groups excluding carboxylic acids is 2. The molecule has 0 saturated carbocycles. The number of piperidine rings is 1. The van der Waals surface area contributed by atoms with Crippen molar-refractivity contribution in [2.45, 2.75) is 32.6 Å². The molecule has 1 aliphatic rings. The number of anilines is 1. The number of esters is 1. The van der Waals surface area contributed by atoms with Crippen LogP contribution < -0.4 is 5.32 Å². The van der Waals surface area contributed by atoms with Crippen LogP contribution >= 0.6 is 0 Å². The lowest BCUT2D eigenvalue weighted by molar-refractivity contribution is -0.116. The Bertz CT molecular complexity index is 797. The van der Waals surface area contributed by atoms with Crippen LogP contribution in [0, 0.1) is 5.82 Å². The topological polar surface area (TPSA) is 74.4 Å². The van der Waals surface area contributed by atoms with Crippen LogP contribution in [0.1, 0.15) is 43.1 Å². The molecule has 1 amide bonds. The molecule has 1 aromatic carbocycles. The van der Waals surface area contributed by atoms with E-state index in [1.807, 2.05) is 0 Å². The number of likely N-dealkylation sites (tertiary alicyclic amines) is 1. The molecule has 2 aromatic rings. The Morgan fingerprint density at radius 3 is 2.77 bits per heavy atom. The van der Waals surface area contributed by atoms with Crippen molar-refractivity contribution in [3.05, 3.63) is 29.7 Å². The third-order valence-electron chi connectivity index (χ3n) is 4.61. The van der Waals surface area contributed by atoms with E-state index < -0.39 is 11.8 Å². The number of hydrogen-bond donors (Lipinski definition) is 2. The summed E-state index contributed by atoms with van der Waals surface area (Å²) in [6.07, 6.45) is 3.89. The number of aromatic nitrogens is 1. The van der Waals surface area contributed by atoms with E-state index in [1.165, 1.54) is 24.6 Å². The number of fused-ring (bicyclic) bond motifs is 1. The van der Waals surface area contributed by atoms with Crippen LogP contribution in [-0.2, 0) is 9.53 Å². The van der Waals surface area contributed by atoms with Gasteiger partial charge in [0.05, 0.1) is 12.3 Å². The van der Waals surface area contributed by atoms with Gasteiger partial charge < -0.3 is 19.9 Å². The maximum atomic E-state index is 13.7. The first kappa shape index (κ1) is 18.4. The van der Waals surface area contributed by atoms with E-state index >= 15 is 0 Å². The maximum Gasteiger partial charge on any atom is 0.356 e. The minimum Gasteiger partial charge on any atom is -0.461 e. The number of rotatable bonds is 6. The van der Waals surface area contributed by atoms with Crippen LogP contribution in [0.5, 0.6) is 0 Å². The summed E-state index contributed by atoms with van der Waals surface area (Å²) in [6, 6.07) is 4.14. The lowest BCUT2D eigenvalue weighted by Gasteiger charge is -2.25. The molecule has 3 rings (SSSR count). The largest absolute Gasteiger partial charge is 0.461 e. The van der Waals surface area contributed by atoms with Gasteiger partial charge in [0.15, 0.2) is 0 Å². The van der Waals surface area contributed by atoms with E-state index in [4.69, 9.17) is 4.74 Å². The van der Waals surface area contributed by atoms with Gasteiger partial charge in [0.1, 0.15) is 11.5 Å². The minimum absolute atomic E-state index is 0.138. The van der Waals surface area contributed by atoms with Gasteiger partial charge in [-0.3, -0.25) is 4.79 Å². The molecular formula is C19H24FN3O3. The van der Waals surface area contributed by atoms with Gasteiger partial charge in [-0.1, -0.05) is 6.42 Å². The number of H-pyrrole nitrogens is 1. The van der Waals surface area contributed by atoms with Gasteiger partial charge >= 0.3 is 5.97 Å². The Labute approximate surface area is 151 Å². The summed E-state index contributed by atoms with van der Waals surface area (Å²) in [7, 11) is 0. The Balaban J connectivity index is 1.77. The Morgan fingerprint density at radius 2 is 2.04 bits per heavy atom. The molecule has 140 valence electrons. The van der Waals surface area contributed by atoms with Crippen molar-refractivity contribution in [1.29, 1.82) is 0 Å². The zero-order chi connectivity index (χ0) is 18.5. The summed E-state index contributed by atoms with van der Waals surface area (Å²) in [5.41, 5.74) is 0.987. The second-order valence-electron chi connectivity index (χ2n) is 6.49. The standard InChI is InChI=1S/C19H24FN3O3/c1-2-26-19(25)18-17(14-12-13(20)6-7-15(14)21-18)22-16(24)8-11-23-9-4-3-5-10-23/h6-7,12,21H,2-5,8-11H2,1H3,(H,22,24). The molecule has 2 N–H and O–H groups in total. The molecule has 0 radical (unpaired) electrons. The number of nitrogens with zero attached hydrogens (tertiary/aromatic N) is 1. The summed E-state index contributed by atoms with van der Waals surface area (Å²) >= 11 is 0. The zero-order valence-electron chi connectivity index (χ0n) is 14.9. The fraction of sp³-hybridized carbons (Fsp3) is 0.474. The number of benzene rings is 1. The third-order valence-corrected chi connectivity index (χ3v) is 4.61. The van der Waals surface area contributed by atoms with E-state index in [2.05, 4.69) is 15.2 Å². The minimum atomic E-state index is -0.574. The molecule has 6 nitrogen and oxygen atoms in total. The van der Waals surface area contributed by atoms with Crippen molar-refractivity contribution in [3.8, 4) is 0 Å². The van der Waals surface area contributed by atoms with Gasteiger partial charge in [-0.15, -0.1) is 0 Å². The van der Waals surface area contributed by atoms with E-state index in [0.29, 0.717) is 23.9 Å². The van der Waals surface area contributed by atoms with Crippen LogP contribution in [0.3, 0.4) is 0 Å². The van der Waals surface area contributed by atoms with Gasteiger partial charge in [0, 0.05) is 23.9 Å². The Hall–Kier alpha value is -2.41. The highest BCUT2D eigenvalue weighted by molar-refractivity contribution is 6.11. The number of ether oxygens (including phenoxy) is 1. The second-order valence-corrected chi connectivity index (χ2v) is 6.49. The van der Waals surface area contributed by atoms with Crippen molar-refractivity contribution in [1.82, 2.24) is 9.88 Å². The molecule has 1 aromatic heterocycles. The van der Waals surface area contributed by atoms with E-state index in [0.717, 1.165) is 25.9 Å². The first-order chi connectivity index (χ1) is 12.6. The number of nitrogens with one attached hydrogen (secondary N) is 2. The monoisotopic (exact) mass is 361 g/mol. The van der Waals surface area contributed by atoms with Gasteiger partial charge in [-0.05, 0) is 51.1 Å². The molecule has 0 spiro atoms. The van der Waals surface area contributed by atoms with Crippen molar-refractivity contribution in [2.75, 3.05) is 31.6 Å². The summed E-state index contributed by atoms with van der Waals surface area (Å²) in [6.45, 7) is 4.62. The van der Waals surface area contributed by atoms with Crippen LogP contribution in [0.25, 0.3) is 10.9 Å². The Morgan fingerprint density at radius 1 is 1.27 bits per heavy atom. The number of carbonyl (C=O) groups is 2. The van der Waals surface area contributed by atoms with Crippen molar-refractivity contribution >= 4 is 28.5 Å². The van der Waals surface area contributed by atoms with E-state index in [-0.39, 0.29) is 23.9 Å². The maximum absolute atomic E-state index is 13.7. The molecule has 1 fully saturated rings. The van der Waals surface area contributed by atoms with Gasteiger partial charge in [-0.25, -0.2) is 9.18 Å². The van der Waals surface area contributed by atoms with Gasteiger partial charge in [0.25, 0.3) is 0 Å². The second kappa shape index (κ2) is 8.31. The summed E-state index contributed by atoms with van der Waals surface area (Å²) in [5, 5.41) is 3.23. The number of halogens is 1. The first-order valence-corrected chi connectivity index (χ1v) is 9.09. The lowest BCUT2D eigenvalue weighted by atomic mass is 10.1. The third kappa shape index (κ3) is 4.22. The molecule has 2 heterocycles. The van der Waals surface area contributed by atoms with Crippen LogP contribution in [0.2, 0.25) is 0 Å². The summed E-state index contributed by atoms with van der Waals surface area (Å²) in [5.74, 6) is -1.21. The normalized spacial score (nSPS) is 15.2. The van der Waals surface area contributed by atoms with Crippen molar-refractivity contribution in [3.63, 3.8) is 0 Å². The van der Waals surface area contributed by atoms with Crippen LogP contribution in [0.15, 0.2) is 18.2 Å². The zero-order valence-corrected chi connectivity index (χ0v) is 14.9. The average Bonchev–Trinajstić information content (AvgIpc) is 2.99. The summed E-state index contributed by atoms with van der Waals surface area (Å²) < 4.78 is 18.7. The molecule has 7 heteroatoms. The molecule has 0 unspecified atom stereocenters. The quantitative estimate of drug-likeness (QED) is 0.774. The molecule has 1 saturated heterocycles. The molecular weight excluding hydrogens is 337 g/mol. The predicted octanol–water partition coefficient (Wildman–Crippen LogP) is 3.30. The lowest BCUT2D eigenvalue weighted by Crippen LogP contribution is -2.32. The summed E-state index contributed by atoms with van der Waals surface area (Å²) in [4.78, 5) is 29.8. The number of hydrogen-bond acceptors (Lipinski definition) is 4. The molecule has 26 heavy (non-hydrogen) atoms. The Kier molecular flexibility index (Phi) is 5.88. The van der Waals surface area contributed by atoms with E-state index in [9.17, 15) is 14.0 Å². The molecule has 0 atom stereocenters. The van der Waals surface area contributed by atoms with Gasteiger partial charge in [0.2, 0.25) is 5.91 Å². The highest BCUT2D eigenvalue weighted by atomic mass is 19.1. The van der Waals surface area contributed by atoms with Crippen LogP contribution in [0.4, 0.5) is 10.1 Å². The molecule has 0 aliphatic carbocycles. The fourth-order valence-electron chi connectivity index (χ4n) is 3.29. The fourth-order valence-corrected chi connectivity index (χ4v) is 3.29. The number of amides is 1. The highest BCUT2D eigenvalue weighted by Crippen LogP contribution is 2.29. The highest BCUT2D eigenvalue weighted by Gasteiger charge is 2.21. The van der Waals surface area contributed by atoms with E-state index in [1.54, 1.807) is 6.92 Å². The first-order valence-electron chi connectivity index (χ1n) is 9.09. The van der Waals surface area contributed by atoms with Crippen LogP contribution in [-0.4, -0.2) is 48.0 Å². The molecule has 1 aliphatic heterocycles. The predicted molar refractivity (Wildman–Crippen MR) is 97.8 cm³/mol. The molecule has 0 bridgehead atoms. The number of aromatic amines is 1. The SMILES string of the molecule is CCOC(=O)c1[nH]c2ccc(F)cc2c1NC(=O)CCN1CCCCC1. The van der Waals surface area contributed by atoms with Gasteiger partial charge in [-0.2, -0.15) is 0 Å². The van der Waals surface area contributed by atoms with Crippen molar-refractivity contribution in [2.24, 2.45) is 0 Å². The average molecular weight is 361 g/mol. The smallest absolute Gasteiger partial charge is 0.356 e.